The maximum absolute atomic E-state index is 12.7. The Hall–Kier alpha value is -3.66. The first-order valence-electron chi connectivity index (χ1n) is 8.74. The van der Waals surface area contributed by atoms with Crippen LogP contribution in [0.1, 0.15) is 38.8 Å². The Bertz CT molecular complexity index is 1150. The molecule has 0 saturated heterocycles. The van der Waals surface area contributed by atoms with Gasteiger partial charge in [0.2, 0.25) is 0 Å². The lowest BCUT2D eigenvalue weighted by molar-refractivity contribution is -0.137. The van der Waals surface area contributed by atoms with Crippen molar-refractivity contribution in [1.82, 2.24) is 5.43 Å². The number of nitrogens with zero attached hydrogens (tertiary/aromatic N) is 1. The first kappa shape index (κ1) is 22.0. The molecule has 0 fully saturated rings. The average Bonchev–Trinajstić information content (AvgIpc) is 3.12. The van der Waals surface area contributed by atoms with E-state index in [0.29, 0.717) is 16.0 Å². The summed E-state index contributed by atoms with van der Waals surface area (Å²) in [7, 11) is 0. The lowest BCUT2D eigenvalue weighted by Gasteiger charge is -2.07. The van der Waals surface area contributed by atoms with E-state index in [1.54, 1.807) is 12.3 Å². The summed E-state index contributed by atoms with van der Waals surface area (Å²) in [5.41, 5.74) is 2.78. The third kappa shape index (κ3) is 4.92. The zero-order valence-corrected chi connectivity index (χ0v) is 16.7. The fraction of sp³-hybridized carbons (Fsp3) is 0.0952. The molecule has 10 heteroatoms. The molecule has 0 unspecified atom stereocenters. The standard InChI is InChI=1S/C21H15F3N2O4S/c1-11(25-26-19(28)13-2-4-14(5-3-13)20(29)30)16-10-31-18(17(16)27)12-6-8-15(9-7-12)21(22,23)24/h2-10,27H,1H3,(H,26,28)(H,29,30)/b25-11-. The van der Waals surface area contributed by atoms with Crippen molar-refractivity contribution in [3.8, 4) is 16.2 Å². The highest BCUT2D eigenvalue weighted by Crippen LogP contribution is 2.39. The van der Waals surface area contributed by atoms with E-state index >= 15 is 0 Å². The van der Waals surface area contributed by atoms with Crippen molar-refractivity contribution in [2.24, 2.45) is 5.10 Å². The number of alkyl halides is 3. The summed E-state index contributed by atoms with van der Waals surface area (Å²) in [6.07, 6.45) is -4.45. The van der Waals surface area contributed by atoms with Crippen molar-refractivity contribution >= 4 is 28.9 Å². The third-order valence-corrected chi connectivity index (χ3v) is 5.37. The number of aromatic carboxylic acids is 1. The Labute approximate surface area is 178 Å². The van der Waals surface area contributed by atoms with Crippen molar-refractivity contribution < 1.29 is 33.0 Å². The van der Waals surface area contributed by atoms with Crippen LogP contribution in [0, 0.1) is 0 Å². The number of carbonyl (C=O) groups excluding carboxylic acids is 1. The van der Waals surface area contributed by atoms with Crippen LogP contribution >= 0.6 is 11.3 Å². The highest BCUT2D eigenvalue weighted by Gasteiger charge is 2.30. The molecule has 1 aromatic heterocycles. The van der Waals surface area contributed by atoms with Crippen LogP contribution in [-0.4, -0.2) is 27.8 Å². The second-order valence-electron chi connectivity index (χ2n) is 6.42. The number of carboxylic acids is 1. The number of carboxylic acid groups (broad SMARTS) is 1. The van der Waals surface area contributed by atoms with Gasteiger partial charge in [0, 0.05) is 10.9 Å². The largest absolute Gasteiger partial charge is 0.506 e. The molecule has 0 aliphatic carbocycles. The van der Waals surface area contributed by atoms with Crippen LogP contribution in [0.25, 0.3) is 10.4 Å². The van der Waals surface area contributed by atoms with E-state index in [1.807, 2.05) is 0 Å². The summed E-state index contributed by atoms with van der Waals surface area (Å²) in [6.45, 7) is 1.55. The second kappa shape index (κ2) is 8.60. The van der Waals surface area contributed by atoms with Crippen LogP contribution in [0.15, 0.2) is 59.0 Å². The van der Waals surface area contributed by atoms with Gasteiger partial charge < -0.3 is 10.2 Å². The van der Waals surface area contributed by atoms with Gasteiger partial charge in [0.1, 0.15) is 5.75 Å². The summed E-state index contributed by atoms with van der Waals surface area (Å²) >= 11 is 1.13. The Morgan fingerprint density at radius 3 is 2.13 bits per heavy atom. The van der Waals surface area contributed by atoms with Crippen LogP contribution in [-0.2, 0) is 6.18 Å². The number of rotatable bonds is 5. The number of halogens is 3. The quantitative estimate of drug-likeness (QED) is 0.378. The Morgan fingerprint density at radius 1 is 1.00 bits per heavy atom. The monoisotopic (exact) mass is 448 g/mol. The third-order valence-electron chi connectivity index (χ3n) is 4.35. The van der Waals surface area contributed by atoms with Crippen LogP contribution in [0.5, 0.6) is 5.75 Å². The molecule has 160 valence electrons. The molecule has 0 aliphatic rings. The number of hydrazone groups is 1. The fourth-order valence-electron chi connectivity index (χ4n) is 2.65. The van der Waals surface area contributed by atoms with Crippen molar-refractivity contribution in [3.05, 3.63) is 76.2 Å². The van der Waals surface area contributed by atoms with Crippen molar-refractivity contribution in [2.75, 3.05) is 0 Å². The molecule has 0 atom stereocenters. The zero-order chi connectivity index (χ0) is 22.8. The van der Waals surface area contributed by atoms with Gasteiger partial charge in [-0.05, 0) is 48.9 Å². The van der Waals surface area contributed by atoms with Gasteiger partial charge in [0.25, 0.3) is 5.91 Å². The molecule has 0 bridgehead atoms. The molecule has 3 rings (SSSR count). The summed E-state index contributed by atoms with van der Waals surface area (Å²) in [5, 5.41) is 24.9. The van der Waals surface area contributed by atoms with E-state index < -0.39 is 23.6 Å². The minimum absolute atomic E-state index is 0.0372. The molecule has 6 nitrogen and oxygen atoms in total. The number of aromatic hydroxyl groups is 1. The number of benzene rings is 2. The normalized spacial score (nSPS) is 11.9. The molecule has 31 heavy (non-hydrogen) atoms. The molecule has 3 N–H and O–H groups in total. The minimum Gasteiger partial charge on any atom is -0.506 e. The van der Waals surface area contributed by atoms with Crippen LogP contribution in [0.2, 0.25) is 0 Å². The molecule has 2 aromatic carbocycles. The molecule has 1 heterocycles. The summed E-state index contributed by atoms with van der Waals surface area (Å²) in [4.78, 5) is 23.4. The molecular formula is C21H15F3N2O4S. The lowest BCUT2D eigenvalue weighted by atomic mass is 10.1. The van der Waals surface area contributed by atoms with Crippen LogP contribution < -0.4 is 5.43 Å². The number of nitrogens with one attached hydrogen (secondary N) is 1. The Morgan fingerprint density at radius 2 is 1.58 bits per heavy atom. The summed E-state index contributed by atoms with van der Waals surface area (Å²) in [5.74, 6) is -1.85. The predicted molar refractivity (Wildman–Crippen MR) is 110 cm³/mol. The van der Waals surface area contributed by atoms with E-state index in [4.69, 9.17) is 5.11 Å². The maximum Gasteiger partial charge on any atom is 0.416 e. The van der Waals surface area contributed by atoms with Gasteiger partial charge >= 0.3 is 12.1 Å². The van der Waals surface area contributed by atoms with Crippen molar-refractivity contribution in [1.29, 1.82) is 0 Å². The molecule has 0 radical (unpaired) electrons. The lowest BCUT2D eigenvalue weighted by Crippen LogP contribution is -2.19. The highest BCUT2D eigenvalue weighted by molar-refractivity contribution is 7.14. The average molecular weight is 448 g/mol. The fourth-order valence-corrected chi connectivity index (χ4v) is 3.66. The maximum atomic E-state index is 12.7. The number of hydrogen-bond donors (Lipinski definition) is 3. The number of amides is 1. The Kier molecular flexibility index (Phi) is 6.11. The van der Waals surface area contributed by atoms with E-state index in [2.05, 4.69) is 10.5 Å². The summed E-state index contributed by atoms with van der Waals surface area (Å²) in [6, 6.07) is 9.67. The van der Waals surface area contributed by atoms with Gasteiger partial charge in [-0.1, -0.05) is 12.1 Å². The SMILES string of the molecule is C/C(=N/NC(=O)c1ccc(C(=O)O)cc1)c1csc(-c2ccc(C(F)(F)F)cc2)c1O. The van der Waals surface area contributed by atoms with Crippen LogP contribution in [0.3, 0.4) is 0 Å². The molecule has 0 saturated carbocycles. The number of carbonyl (C=O) groups is 2. The summed E-state index contributed by atoms with van der Waals surface area (Å²) < 4.78 is 38.1. The van der Waals surface area contributed by atoms with E-state index in [0.717, 1.165) is 23.5 Å². The van der Waals surface area contributed by atoms with Gasteiger partial charge in [-0.25, -0.2) is 10.2 Å². The van der Waals surface area contributed by atoms with Gasteiger partial charge in [0.15, 0.2) is 0 Å². The second-order valence-corrected chi connectivity index (χ2v) is 7.30. The van der Waals surface area contributed by atoms with Gasteiger partial charge in [0.05, 0.1) is 27.3 Å². The molecule has 3 aromatic rings. The predicted octanol–water partition coefficient (Wildman–Crippen LogP) is 4.99. The topological polar surface area (TPSA) is 99.0 Å². The van der Waals surface area contributed by atoms with Gasteiger partial charge in [-0.2, -0.15) is 18.3 Å². The van der Waals surface area contributed by atoms with Gasteiger partial charge in [-0.15, -0.1) is 11.3 Å². The first-order valence-corrected chi connectivity index (χ1v) is 9.62. The van der Waals surface area contributed by atoms with Crippen molar-refractivity contribution in [3.63, 3.8) is 0 Å². The minimum atomic E-state index is -4.45. The first-order chi connectivity index (χ1) is 14.6. The molecule has 0 spiro atoms. The molecule has 0 aliphatic heterocycles. The highest BCUT2D eigenvalue weighted by atomic mass is 32.1. The van der Waals surface area contributed by atoms with E-state index in [-0.39, 0.29) is 22.6 Å². The van der Waals surface area contributed by atoms with E-state index in [1.165, 1.54) is 36.4 Å². The van der Waals surface area contributed by atoms with Gasteiger partial charge in [-0.3, -0.25) is 4.79 Å². The zero-order valence-electron chi connectivity index (χ0n) is 15.9. The van der Waals surface area contributed by atoms with Crippen LogP contribution in [0.4, 0.5) is 13.2 Å². The number of thiophene rings is 1. The van der Waals surface area contributed by atoms with Crippen molar-refractivity contribution in [2.45, 2.75) is 13.1 Å². The molecular weight excluding hydrogens is 433 g/mol. The smallest absolute Gasteiger partial charge is 0.416 e. The number of hydrogen-bond acceptors (Lipinski definition) is 5. The Balaban J connectivity index is 1.76. The molecule has 1 amide bonds. The van der Waals surface area contributed by atoms with E-state index in [9.17, 15) is 27.9 Å².